The van der Waals surface area contributed by atoms with Gasteiger partial charge in [-0.1, -0.05) is 24.3 Å². The van der Waals surface area contributed by atoms with E-state index in [2.05, 4.69) is 5.32 Å². The molecule has 3 rings (SSSR count). The number of hydrogen-bond donors (Lipinski definition) is 3. The lowest BCUT2D eigenvalue weighted by Gasteiger charge is -2.21. The molecule has 0 atom stereocenters. The molecule has 0 heterocycles. The lowest BCUT2D eigenvalue weighted by molar-refractivity contribution is 0.0974. The SMILES string of the molecule is COCCCOCCCNc1cc(O)c2c(c1O)C(=O)c1ccccc1C2=O. The number of fused-ring (bicyclic) bond motifs is 2. The van der Waals surface area contributed by atoms with Crippen LogP contribution >= 0.6 is 0 Å². The van der Waals surface area contributed by atoms with Crippen LogP contribution in [0.25, 0.3) is 0 Å². The van der Waals surface area contributed by atoms with Crippen molar-refractivity contribution in [2.75, 3.05) is 38.8 Å². The molecule has 0 spiro atoms. The van der Waals surface area contributed by atoms with E-state index in [1.54, 1.807) is 19.2 Å². The molecule has 2 aromatic rings. The number of rotatable bonds is 9. The standard InChI is InChI=1S/C21H23NO6/c1-27-9-5-11-28-10-4-8-22-15-12-16(23)17-18(21(15)26)20(25)14-7-3-2-6-13(14)19(17)24/h2-3,6-7,12,22-23,26H,4-5,8-11H2,1H3. The molecule has 1 aliphatic rings. The molecular formula is C21H23NO6. The van der Waals surface area contributed by atoms with Gasteiger partial charge in [0.25, 0.3) is 0 Å². The van der Waals surface area contributed by atoms with Crippen LogP contribution in [0.1, 0.15) is 44.7 Å². The predicted molar refractivity (Wildman–Crippen MR) is 103 cm³/mol. The van der Waals surface area contributed by atoms with Crippen molar-refractivity contribution in [3.63, 3.8) is 0 Å². The average Bonchev–Trinajstić information content (AvgIpc) is 2.70. The molecule has 0 saturated carbocycles. The quantitative estimate of drug-likeness (QED) is 0.295. The van der Waals surface area contributed by atoms with Crippen molar-refractivity contribution >= 4 is 17.3 Å². The molecule has 0 aliphatic heterocycles. The highest BCUT2D eigenvalue weighted by Crippen LogP contribution is 2.42. The van der Waals surface area contributed by atoms with Gasteiger partial charge in [-0.3, -0.25) is 9.59 Å². The van der Waals surface area contributed by atoms with Crippen LogP contribution in [0.15, 0.2) is 30.3 Å². The molecule has 0 fully saturated rings. The topological polar surface area (TPSA) is 105 Å². The average molecular weight is 385 g/mol. The molecular weight excluding hydrogens is 362 g/mol. The molecule has 7 nitrogen and oxygen atoms in total. The summed E-state index contributed by atoms with van der Waals surface area (Å²) in [6.45, 7) is 2.25. The lowest BCUT2D eigenvalue weighted by atomic mass is 9.82. The van der Waals surface area contributed by atoms with Crippen molar-refractivity contribution < 1.29 is 29.3 Å². The van der Waals surface area contributed by atoms with Gasteiger partial charge in [0.2, 0.25) is 0 Å². The first-order valence-corrected chi connectivity index (χ1v) is 9.14. The molecule has 0 saturated heterocycles. The Morgan fingerprint density at radius 3 is 2.25 bits per heavy atom. The molecule has 3 N–H and O–H groups in total. The number of methoxy groups -OCH3 is 1. The summed E-state index contributed by atoms with van der Waals surface area (Å²) in [6, 6.07) is 7.65. The summed E-state index contributed by atoms with van der Waals surface area (Å²) in [5.74, 6) is -1.63. The van der Waals surface area contributed by atoms with Crippen molar-refractivity contribution in [2.45, 2.75) is 12.8 Å². The summed E-state index contributed by atoms with van der Waals surface area (Å²) < 4.78 is 10.4. The van der Waals surface area contributed by atoms with Gasteiger partial charge in [0.15, 0.2) is 17.3 Å². The van der Waals surface area contributed by atoms with Crippen LogP contribution in [-0.4, -0.2) is 55.3 Å². The highest BCUT2D eigenvalue weighted by Gasteiger charge is 2.35. The third kappa shape index (κ3) is 3.85. The summed E-state index contributed by atoms with van der Waals surface area (Å²) in [6.07, 6.45) is 1.49. The molecule has 7 heteroatoms. The van der Waals surface area contributed by atoms with Crippen LogP contribution in [0.5, 0.6) is 11.5 Å². The van der Waals surface area contributed by atoms with Gasteiger partial charge >= 0.3 is 0 Å². The Hall–Kier alpha value is -2.90. The summed E-state index contributed by atoms with van der Waals surface area (Å²) in [5.41, 5.74) is 0.323. The van der Waals surface area contributed by atoms with E-state index in [0.717, 1.165) is 6.42 Å². The minimum atomic E-state index is -0.483. The van der Waals surface area contributed by atoms with Crippen LogP contribution in [0.4, 0.5) is 5.69 Å². The number of anilines is 1. The number of phenolic OH excluding ortho intramolecular Hbond substituents is 2. The smallest absolute Gasteiger partial charge is 0.198 e. The van der Waals surface area contributed by atoms with E-state index < -0.39 is 11.6 Å². The molecule has 148 valence electrons. The van der Waals surface area contributed by atoms with E-state index in [1.807, 2.05) is 0 Å². The van der Waals surface area contributed by atoms with Crippen LogP contribution in [0.2, 0.25) is 0 Å². The van der Waals surface area contributed by atoms with Gasteiger partial charge in [0.1, 0.15) is 5.75 Å². The van der Waals surface area contributed by atoms with Gasteiger partial charge in [-0.05, 0) is 12.8 Å². The van der Waals surface area contributed by atoms with Crippen molar-refractivity contribution in [3.05, 3.63) is 52.6 Å². The van der Waals surface area contributed by atoms with E-state index in [-0.39, 0.29) is 39.4 Å². The Balaban J connectivity index is 1.72. The lowest BCUT2D eigenvalue weighted by Crippen LogP contribution is -2.21. The number of hydrogen-bond acceptors (Lipinski definition) is 7. The van der Waals surface area contributed by atoms with Gasteiger partial charge in [-0.2, -0.15) is 0 Å². The Kier molecular flexibility index (Phi) is 6.28. The van der Waals surface area contributed by atoms with E-state index in [0.29, 0.717) is 32.8 Å². The molecule has 0 aromatic heterocycles. The van der Waals surface area contributed by atoms with Gasteiger partial charge in [0.05, 0.1) is 16.8 Å². The maximum Gasteiger partial charge on any atom is 0.198 e. The monoisotopic (exact) mass is 385 g/mol. The van der Waals surface area contributed by atoms with Crippen molar-refractivity contribution in [1.82, 2.24) is 0 Å². The fourth-order valence-corrected chi connectivity index (χ4v) is 3.20. The Morgan fingerprint density at radius 1 is 0.929 bits per heavy atom. The minimum Gasteiger partial charge on any atom is -0.507 e. The van der Waals surface area contributed by atoms with E-state index in [9.17, 15) is 19.8 Å². The molecule has 28 heavy (non-hydrogen) atoms. The number of carbonyl (C=O) groups excluding carboxylic acids is 2. The summed E-state index contributed by atoms with van der Waals surface area (Å²) in [4.78, 5) is 25.5. The van der Waals surface area contributed by atoms with Crippen molar-refractivity contribution in [2.24, 2.45) is 0 Å². The summed E-state index contributed by atoms with van der Waals surface area (Å²) in [7, 11) is 1.64. The molecule has 0 bridgehead atoms. The fourth-order valence-electron chi connectivity index (χ4n) is 3.20. The van der Waals surface area contributed by atoms with E-state index in [1.165, 1.54) is 18.2 Å². The van der Waals surface area contributed by atoms with Gasteiger partial charge in [-0.25, -0.2) is 0 Å². The number of ether oxygens (including phenoxy) is 2. The second-order valence-electron chi connectivity index (χ2n) is 6.48. The molecule has 0 amide bonds. The molecule has 1 aliphatic carbocycles. The normalized spacial score (nSPS) is 12.6. The highest BCUT2D eigenvalue weighted by atomic mass is 16.5. The number of benzene rings is 2. The number of nitrogens with one attached hydrogen (secondary N) is 1. The first-order valence-electron chi connectivity index (χ1n) is 9.14. The summed E-state index contributed by atoms with van der Waals surface area (Å²) in [5, 5.41) is 23.9. The van der Waals surface area contributed by atoms with Crippen molar-refractivity contribution in [1.29, 1.82) is 0 Å². The summed E-state index contributed by atoms with van der Waals surface area (Å²) >= 11 is 0. The number of aromatic hydroxyl groups is 2. The van der Waals surface area contributed by atoms with Crippen LogP contribution in [0, 0.1) is 0 Å². The molecule has 2 aromatic carbocycles. The van der Waals surface area contributed by atoms with E-state index in [4.69, 9.17) is 9.47 Å². The zero-order chi connectivity index (χ0) is 20.1. The molecule has 0 unspecified atom stereocenters. The van der Waals surface area contributed by atoms with E-state index >= 15 is 0 Å². The zero-order valence-corrected chi connectivity index (χ0v) is 15.7. The fraction of sp³-hybridized carbons (Fsp3) is 0.333. The highest BCUT2D eigenvalue weighted by molar-refractivity contribution is 6.30. The zero-order valence-electron chi connectivity index (χ0n) is 15.7. The third-order valence-corrected chi connectivity index (χ3v) is 4.57. The second kappa shape index (κ2) is 8.86. The van der Waals surface area contributed by atoms with Gasteiger partial charge < -0.3 is 25.0 Å². The van der Waals surface area contributed by atoms with Crippen molar-refractivity contribution in [3.8, 4) is 11.5 Å². The van der Waals surface area contributed by atoms with Crippen LogP contribution < -0.4 is 5.32 Å². The first kappa shape index (κ1) is 19.9. The Labute approximate surface area is 162 Å². The Morgan fingerprint density at radius 2 is 1.57 bits per heavy atom. The first-order chi connectivity index (χ1) is 13.6. The maximum atomic E-state index is 12.8. The van der Waals surface area contributed by atoms with Gasteiger partial charge in [-0.15, -0.1) is 0 Å². The number of ketones is 2. The predicted octanol–water partition coefficient (Wildman–Crippen LogP) is 2.73. The third-order valence-electron chi connectivity index (χ3n) is 4.57. The second-order valence-corrected chi connectivity index (χ2v) is 6.48. The largest absolute Gasteiger partial charge is 0.507 e. The Bertz CT molecular complexity index is 893. The maximum absolute atomic E-state index is 12.8. The minimum absolute atomic E-state index is 0.159. The molecule has 0 radical (unpaired) electrons. The van der Waals surface area contributed by atoms with Crippen LogP contribution in [0.3, 0.4) is 0 Å². The van der Waals surface area contributed by atoms with Gasteiger partial charge in [0, 0.05) is 50.7 Å². The number of phenols is 2. The van der Waals surface area contributed by atoms with Crippen LogP contribution in [-0.2, 0) is 9.47 Å². The number of carbonyl (C=O) groups is 2.